The van der Waals surface area contributed by atoms with Crippen molar-refractivity contribution < 1.29 is 4.74 Å². The number of rotatable bonds is 3. The van der Waals surface area contributed by atoms with Crippen LogP contribution >= 0.6 is 0 Å². The highest BCUT2D eigenvalue weighted by molar-refractivity contribution is 5.95. The van der Waals surface area contributed by atoms with Crippen LogP contribution in [-0.4, -0.2) is 24.7 Å². The molecule has 0 bridgehead atoms. The summed E-state index contributed by atoms with van der Waals surface area (Å²) in [4.78, 5) is 6.92. The van der Waals surface area contributed by atoms with Crippen LogP contribution in [0, 0.1) is 0 Å². The molecule has 1 aromatic heterocycles. The minimum Gasteiger partial charge on any atom is -0.492 e. The van der Waals surface area contributed by atoms with Gasteiger partial charge in [-0.1, -0.05) is 0 Å². The Morgan fingerprint density at radius 3 is 2.83 bits per heavy atom. The van der Waals surface area contributed by atoms with Gasteiger partial charge in [0.15, 0.2) is 0 Å². The van der Waals surface area contributed by atoms with E-state index in [-0.39, 0.29) is 0 Å². The fraction of sp³-hybridized carbons (Fsp3) is 0.400. The van der Waals surface area contributed by atoms with E-state index in [0.29, 0.717) is 6.61 Å². The lowest BCUT2D eigenvalue weighted by Crippen LogP contribution is -2.17. The van der Waals surface area contributed by atoms with Crippen molar-refractivity contribution >= 4 is 16.6 Å². The fourth-order valence-corrected chi connectivity index (χ4v) is 2.64. The van der Waals surface area contributed by atoms with Crippen LogP contribution in [0.1, 0.15) is 19.8 Å². The van der Waals surface area contributed by atoms with Gasteiger partial charge in [-0.3, -0.25) is 4.98 Å². The molecule has 0 atom stereocenters. The van der Waals surface area contributed by atoms with E-state index in [0.717, 1.165) is 24.4 Å². The summed E-state index contributed by atoms with van der Waals surface area (Å²) in [7, 11) is 0. The Morgan fingerprint density at radius 1 is 1.22 bits per heavy atom. The molecule has 1 fully saturated rings. The third kappa shape index (κ3) is 1.90. The van der Waals surface area contributed by atoms with E-state index < -0.39 is 0 Å². The lowest BCUT2D eigenvalue weighted by atomic mass is 10.1. The van der Waals surface area contributed by atoms with Crippen molar-refractivity contribution in [3.63, 3.8) is 0 Å². The van der Waals surface area contributed by atoms with Crippen LogP contribution in [0.3, 0.4) is 0 Å². The monoisotopic (exact) mass is 242 g/mol. The molecule has 3 heteroatoms. The van der Waals surface area contributed by atoms with Crippen LogP contribution in [-0.2, 0) is 0 Å². The van der Waals surface area contributed by atoms with Gasteiger partial charge >= 0.3 is 0 Å². The molecule has 0 unspecified atom stereocenters. The molecule has 1 aromatic carbocycles. The Bertz CT molecular complexity index is 547. The van der Waals surface area contributed by atoms with Crippen LogP contribution in [0.5, 0.6) is 5.75 Å². The molecule has 0 N–H and O–H groups in total. The standard InChI is InChI=1S/C15H18N2O/c1-2-18-14-8-7-13(17-10-3-4-11-17)12-6-5-9-16-15(12)14/h5-9H,2-4,10-11H2,1H3. The zero-order valence-electron chi connectivity index (χ0n) is 10.7. The molecule has 18 heavy (non-hydrogen) atoms. The van der Waals surface area contributed by atoms with Crippen LogP contribution in [0.2, 0.25) is 0 Å². The van der Waals surface area contributed by atoms with Crippen LogP contribution < -0.4 is 9.64 Å². The van der Waals surface area contributed by atoms with Crippen LogP contribution in [0.4, 0.5) is 5.69 Å². The van der Waals surface area contributed by atoms with E-state index >= 15 is 0 Å². The van der Waals surface area contributed by atoms with Gasteiger partial charge in [0.2, 0.25) is 0 Å². The maximum Gasteiger partial charge on any atom is 0.145 e. The molecule has 94 valence electrons. The number of pyridine rings is 1. The Hall–Kier alpha value is -1.77. The Kier molecular flexibility index (Phi) is 3.05. The average Bonchev–Trinajstić information content (AvgIpc) is 2.93. The largest absolute Gasteiger partial charge is 0.492 e. The number of fused-ring (bicyclic) bond motifs is 1. The van der Waals surface area contributed by atoms with E-state index in [9.17, 15) is 0 Å². The van der Waals surface area contributed by atoms with Gasteiger partial charge in [-0.15, -0.1) is 0 Å². The normalized spacial score (nSPS) is 15.3. The molecule has 2 aromatic rings. The molecule has 0 radical (unpaired) electrons. The maximum absolute atomic E-state index is 5.66. The first-order valence-corrected chi connectivity index (χ1v) is 6.65. The van der Waals surface area contributed by atoms with Crippen molar-refractivity contribution in [3.8, 4) is 5.75 Å². The number of hydrogen-bond acceptors (Lipinski definition) is 3. The second-order valence-electron chi connectivity index (χ2n) is 4.61. The van der Waals surface area contributed by atoms with E-state index in [4.69, 9.17) is 4.74 Å². The molecule has 1 aliphatic rings. The highest BCUT2D eigenvalue weighted by Crippen LogP contribution is 2.33. The van der Waals surface area contributed by atoms with Gasteiger partial charge in [0.1, 0.15) is 11.3 Å². The maximum atomic E-state index is 5.66. The Morgan fingerprint density at radius 2 is 2.06 bits per heavy atom. The average molecular weight is 242 g/mol. The van der Waals surface area contributed by atoms with E-state index in [1.807, 2.05) is 25.3 Å². The van der Waals surface area contributed by atoms with E-state index in [1.165, 1.54) is 23.9 Å². The second-order valence-corrected chi connectivity index (χ2v) is 4.61. The summed E-state index contributed by atoms with van der Waals surface area (Å²) in [5, 5.41) is 1.20. The number of benzene rings is 1. The summed E-state index contributed by atoms with van der Waals surface area (Å²) in [5.41, 5.74) is 2.27. The van der Waals surface area contributed by atoms with Crippen molar-refractivity contribution in [1.82, 2.24) is 4.98 Å². The molecule has 0 aliphatic carbocycles. The molecule has 1 aliphatic heterocycles. The van der Waals surface area contributed by atoms with Gasteiger partial charge < -0.3 is 9.64 Å². The molecular weight excluding hydrogens is 224 g/mol. The summed E-state index contributed by atoms with van der Waals surface area (Å²) in [6.07, 6.45) is 4.41. The number of ether oxygens (including phenoxy) is 1. The van der Waals surface area contributed by atoms with Crippen LogP contribution in [0.15, 0.2) is 30.5 Å². The summed E-state index contributed by atoms with van der Waals surface area (Å²) in [6, 6.07) is 8.35. The van der Waals surface area contributed by atoms with Crippen molar-refractivity contribution in [2.45, 2.75) is 19.8 Å². The minimum absolute atomic E-state index is 0.675. The molecule has 3 nitrogen and oxygen atoms in total. The fourth-order valence-electron chi connectivity index (χ4n) is 2.64. The second kappa shape index (κ2) is 4.84. The molecule has 0 amide bonds. The number of anilines is 1. The smallest absolute Gasteiger partial charge is 0.145 e. The third-order valence-electron chi connectivity index (χ3n) is 3.46. The summed E-state index contributed by atoms with van der Waals surface area (Å²) in [5.74, 6) is 0.885. The SMILES string of the molecule is CCOc1ccc(N2CCCC2)c2cccnc12. The van der Waals surface area contributed by atoms with Crippen molar-refractivity contribution in [2.75, 3.05) is 24.6 Å². The van der Waals surface area contributed by atoms with Gasteiger partial charge in [-0.2, -0.15) is 0 Å². The molecule has 2 heterocycles. The predicted octanol–water partition coefficient (Wildman–Crippen LogP) is 3.23. The summed E-state index contributed by atoms with van der Waals surface area (Å²) in [6.45, 7) is 4.98. The lowest BCUT2D eigenvalue weighted by Gasteiger charge is -2.20. The zero-order chi connectivity index (χ0) is 12.4. The number of hydrogen-bond donors (Lipinski definition) is 0. The number of nitrogens with zero attached hydrogens (tertiary/aromatic N) is 2. The minimum atomic E-state index is 0.675. The molecule has 0 saturated carbocycles. The van der Waals surface area contributed by atoms with Crippen molar-refractivity contribution in [1.29, 1.82) is 0 Å². The van der Waals surface area contributed by atoms with Crippen molar-refractivity contribution in [2.24, 2.45) is 0 Å². The zero-order valence-corrected chi connectivity index (χ0v) is 10.7. The first-order valence-electron chi connectivity index (χ1n) is 6.65. The highest BCUT2D eigenvalue weighted by atomic mass is 16.5. The molecule has 3 rings (SSSR count). The third-order valence-corrected chi connectivity index (χ3v) is 3.46. The quantitative estimate of drug-likeness (QED) is 0.826. The molecule has 0 spiro atoms. The summed E-state index contributed by atoms with van der Waals surface area (Å²) < 4.78 is 5.66. The number of aromatic nitrogens is 1. The first-order chi connectivity index (χ1) is 8.90. The highest BCUT2D eigenvalue weighted by Gasteiger charge is 2.16. The van der Waals surface area contributed by atoms with E-state index in [2.05, 4.69) is 22.0 Å². The molecule has 1 saturated heterocycles. The Labute approximate surface area is 107 Å². The van der Waals surface area contributed by atoms with Crippen LogP contribution in [0.25, 0.3) is 10.9 Å². The van der Waals surface area contributed by atoms with Gasteiger partial charge in [-0.25, -0.2) is 0 Å². The topological polar surface area (TPSA) is 25.4 Å². The first kappa shape index (κ1) is 11.3. The predicted molar refractivity (Wildman–Crippen MR) is 74.4 cm³/mol. The Balaban J connectivity index is 2.13. The summed E-state index contributed by atoms with van der Waals surface area (Å²) >= 11 is 0. The molecular formula is C15H18N2O. The van der Waals surface area contributed by atoms with Gasteiger partial charge in [0.05, 0.1) is 6.61 Å². The van der Waals surface area contributed by atoms with Gasteiger partial charge in [0, 0.05) is 30.4 Å². The van der Waals surface area contributed by atoms with Crippen molar-refractivity contribution in [3.05, 3.63) is 30.5 Å². The lowest BCUT2D eigenvalue weighted by molar-refractivity contribution is 0.343. The van der Waals surface area contributed by atoms with Gasteiger partial charge in [-0.05, 0) is 44.0 Å². The van der Waals surface area contributed by atoms with Gasteiger partial charge in [0.25, 0.3) is 0 Å². The van der Waals surface area contributed by atoms with E-state index in [1.54, 1.807) is 0 Å².